The Balaban J connectivity index is 1.94. The first-order valence-electron chi connectivity index (χ1n) is 7.79. The van der Waals surface area contributed by atoms with E-state index in [2.05, 4.69) is 15.9 Å². The molecule has 5 heteroatoms. The number of amides is 1. The molecular weight excluding hydrogens is 344 g/mol. The summed E-state index contributed by atoms with van der Waals surface area (Å²) in [6.07, 6.45) is 3.20. The summed E-state index contributed by atoms with van der Waals surface area (Å²) in [4.78, 5) is 14.4. The van der Waals surface area contributed by atoms with E-state index in [1.165, 1.54) is 0 Å². The van der Waals surface area contributed by atoms with Crippen LogP contribution < -0.4 is 5.73 Å². The fraction of sp³-hybridized carbons (Fsp3) is 0.588. The Kier molecular flexibility index (Phi) is 6.01. The monoisotopic (exact) mass is 368 g/mol. The first-order valence-corrected chi connectivity index (χ1v) is 8.59. The third kappa shape index (κ3) is 4.31. The van der Waals surface area contributed by atoms with Gasteiger partial charge in [-0.15, -0.1) is 0 Å². The van der Waals surface area contributed by atoms with Crippen molar-refractivity contribution in [1.82, 2.24) is 4.90 Å². The maximum Gasteiger partial charge on any atom is 0.246 e. The van der Waals surface area contributed by atoms with E-state index in [9.17, 15) is 4.79 Å². The van der Waals surface area contributed by atoms with Crippen LogP contribution in [0.3, 0.4) is 0 Å². The lowest BCUT2D eigenvalue weighted by Crippen LogP contribution is -2.50. The molecule has 1 amide bonds. The summed E-state index contributed by atoms with van der Waals surface area (Å²) < 4.78 is 6.35. The second-order valence-corrected chi connectivity index (χ2v) is 7.20. The lowest BCUT2D eigenvalue weighted by atomic mass is 9.91. The van der Waals surface area contributed by atoms with Gasteiger partial charge in [-0.05, 0) is 49.8 Å². The minimum Gasteiger partial charge on any atom is -0.381 e. The van der Waals surface area contributed by atoms with Crippen molar-refractivity contribution >= 4 is 21.8 Å². The van der Waals surface area contributed by atoms with Crippen LogP contribution in [0.15, 0.2) is 28.7 Å². The molecule has 1 atom stereocenters. The first-order chi connectivity index (χ1) is 10.4. The van der Waals surface area contributed by atoms with Crippen LogP contribution in [-0.4, -0.2) is 37.6 Å². The molecule has 0 aliphatic carbocycles. The Bertz CT molecular complexity index is 496. The number of nitrogens with zero attached hydrogens (tertiary/aromatic N) is 1. The van der Waals surface area contributed by atoms with E-state index < -0.39 is 5.54 Å². The molecule has 122 valence electrons. The number of ether oxygens (including phenoxy) is 1. The lowest BCUT2D eigenvalue weighted by molar-refractivity contribution is -0.135. The molecule has 2 N–H and O–H groups in total. The minimum absolute atomic E-state index is 0.0399. The van der Waals surface area contributed by atoms with E-state index in [0.29, 0.717) is 5.92 Å². The minimum atomic E-state index is -0.995. The Labute approximate surface area is 141 Å². The Morgan fingerprint density at radius 1 is 1.36 bits per heavy atom. The lowest BCUT2D eigenvalue weighted by Gasteiger charge is -2.31. The predicted molar refractivity (Wildman–Crippen MR) is 91.5 cm³/mol. The molecule has 1 unspecified atom stereocenters. The van der Waals surface area contributed by atoms with Gasteiger partial charge in [-0.1, -0.05) is 28.1 Å². The average molecular weight is 369 g/mol. The van der Waals surface area contributed by atoms with E-state index in [1.807, 2.05) is 31.3 Å². The van der Waals surface area contributed by atoms with E-state index in [4.69, 9.17) is 10.5 Å². The van der Waals surface area contributed by atoms with Crippen LogP contribution in [0.25, 0.3) is 0 Å². The number of carbonyl (C=O) groups excluding carboxylic acids is 1. The van der Waals surface area contributed by atoms with Crippen LogP contribution in [0.1, 0.15) is 31.7 Å². The van der Waals surface area contributed by atoms with Gasteiger partial charge in [0.05, 0.1) is 0 Å². The van der Waals surface area contributed by atoms with Crippen molar-refractivity contribution in [3.05, 3.63) is 34.3 Å². The van der Waals surface area contributed by atoms with Gasteiger partial charge in [0.25, 0.3) is 0 Å². The molecule has 0 saturated carbocycles. The quantitative estimate of drug-likeness (QED) is 0.868. The normalized spacial score (nSPS) is 18.7. The van der Waals surface area contributed by atoms with Crippen LogP contribution in [0.2, 0.25) is 0 Å². The van der Waals surface area contributed by atoms with Crippen molar-refractivity contribution in [2.45, 2.75) is 31.7 Å². The Morgan fingerprint density at radius 2 is 1.95 bits per heavy atom. The highest BCUT2D eigenvalue weighted by molar-refractivity contribution is 9.10. The molecule has 22 heavy (non-hydrogen) atoms. The van der Waals surface area contributed by atoms with Gasteiger partial charge in [-0.3, -0.25) is 4.79 Å². The van der Waals surface area contributed by atoms with Gasteiger partial charge in [-0.25, -0.2) is 0 Å². The smallest absolute Gasteiger partial charge is 0.246 e. The zero-order valence-corrected chi connectivity index (χ0v) is 14.9. The number of hydrogen-bond donors (Lipinski definition) is 1. The molecule has 1 fully saturated rings. The number of likely N-dealkylation sites (N-methyl/N-ethyl adjacent to an activating group) is 1. The van der Waals surface area contributed by atoms with Crippen LogP contribution in [0, 0.1) is 5.92 Å². The largest absolute Gasteiger partial charge is 0.381 e. The van der Waals surface area contributed by atoms with E-state index in [0.717, 1.165) is 49.1 Å². The summed E-state index contributed by atoms with van der Waals surface area (Å²) in [7, 11) is 1.84. The Morgan fingerprint density at radius 3 is 2.55 bits per heavy atom. The molecule has 1 aromatic rings. The highest BCUT2D eigenvalue weighted by Gasteiger charge is 2.33. The van der Waals surface area contributed by atoms with Crippen molar-refractivity contribution in [3.8, 4) is 0 Å². The molecule has 1 aliphatic heterocycles. The molecule has 1 saturated heterocycles. The topological polar surface area (TPSA) is 55.6 Å². The molecule has 0 aromatic heterocycles. The number of benzene rings is 1. The molecular formula is C17H25BrN2O2. The van der Waals surface area contributed by atoms with Gasteiger partial charge in [0.15, 0.2) is 0 Å². The summed E-state index contributed by atoms with van der Waals surface area (Å²) in [6, 6.07) is 7.62. The highest BCUT2D eigenvalue weighted by Crippen LogP contribution is 2.24. The number of nitrogens with two attached hydrogens (primary N) is 1. The van der Waals surface area contributed by atoms with Gasteiger partial charge in [0.1, 0.15) is 5.54 Å². The van der Waals surface area contributed by atoms with Crippen LogP contribution in [0.5, 0.6) is 0 Å². The number of hydrogen-bond acceptors (Lipinski definition) is 3. The molecule has 0 bridgehead atoms. The second kappa shape index (κ2) is 7.57. The molecule has 1 aromatic carbocycles. The van der Waals surface area contributed by atoms with E-state index in [-0.39, 0.29) is 5.91 Å². The van der Waals surface area contributed by atoms with Gasteiger partial charge in [0, 0.05) is 31.3 Å². The summed E-state index contributed by atoms with van der Waals surface area (Å²) in [6.45, 7) is 4.21. The summed E-state index contributed by atoms with van der Waals surface area (Å²) >= 11 is 3.40. The maximum absolute atomic E-state index is 12.7. The fourth-order valence-corrected chi connectivity index (χ4v) is 3.09. The van der Waals surface area contributed by atoms with Crippen molar-refractivity contribution in [2.24, 2.45) is 11.7 Å². The Hall–Kier alpha value is -0.910. The van der Waals surface area contributed by atoms with Gasteiger partial charge < -0.3 is 15.4 Å². The molecule has 2 rings (SSSR count). The third-order valence-electron chi connectivity index (χ3n) is 4.45. The SMILES string of the molecule is CN(CCC1CCOCC1)C(=O)C(C)(N)c1ccc(Br)cc1. The fourth-order valence-electron chi connectivity index (χ4n) is 2.83. The zero-order valence-electron chi connectivity index (χ0n) is 13.3. The van der Waals surface area contributed by atoms with Crippen molar-refractivity contribution < 1.29 is 9.53 Å². The van der Waals surface area contributed by atoms with Gasteiger partial charge >= 0.3 is 0 Å². The molecule has 0 spiro atoms. The standard InChI is InChI=1S/C17H25BrN2O2/c1-17(19,14-3-5-15(18)6-4-14)16(21)20(2)10-7-13-8-11-22-12-9-13/h3-6,13H,7-12,19H2,1-2H3. The third-order valence-corrected chi connectivity index (χ3v) is 4.98. The van der Waals surface area contributed by atoms with Gasteiger partial charge in [0.2, 0.25) is 5.91 Å². The van der Waals surface area contributed by atoms with E-state index in [1.54, 1.807) is 11.8 Å². The summed E-state index contributed by atoms with van der Waals surface area (Å²) in [5.74, 6) is 0.614. The predicted octanol–water partition coefficient (Wildman–Crippen LogP) is 2.90. The molecule has 1 aliphatic rings. The summed E-state index contributed by atoms with van der Waals surface area (Å²) in [5, 5.41) is 0. The first kappa shape index (κ1) is 17.4. The van der Waals surface area contributed by atoms with E-state index >= 15 is 0 Å². The van der Waals surface area contributed by atoms with Crippen LogP contribution >= 0.6 is 15.9 Å². The highest BCUT2D eigenvalue weighted by atomic mass is 79.9. The van der Waals surface area contributed by atoms with Gasteiger partial charge in [-0.2, -0.15) is 0 Å². The zero-order chi connectivity index (χ0) is 16.2. The van der Waals surface area contributed by atoms with Crippen LogP contribution in [0.4, 0.5) is 0 Å². The number of rotatable bonds is 5. The second-order valence-electron chi connectivity index (χ2n) is 6.28. The van der Waals surface area contributed by atoms with Crippen molar-refractivity contribution in [3.63, 3.8) is 0 Å². The number of carbonyl (C=O) groups is 1. The molecule has 1 heterocycles. The van der Waals surface area contributed by atoms with Crippen molar-refractivity contribution in [1.29, 1.82) is 0 Å². The molecule has 0 radical (unpaired) electrons. The maximum atomic E-state index is 12.7. The molecule has 4 nitrogen and oxygen atoms in total. The average Bonchev–Trinajstić information content (AvgIpc) is 2.53. The van der Waals surface area contributed by atoms with Crippen LogP contribution in [-0.2, 0) is 15.1 Å². The van der Waals surface area contributed by atoms with Crippen molar-refractivity contribution in [2.75, 3.05) is 26.8 Å². The summed E-state index contributed by atoms with van der Waals surface area (Å²) in [5.41, 5.74) is 6.15. The number of halogens is 1.